The van der Waals surface area contributed by atoms with E-state index in [0.717, 1.165) is 25.7 Å². The Morgan fingerprint density at radius 3 is 2.58 bits per heavy atom. The first kappa shape index (κ1) is 14.1. The smallest absolute Gasteiger partial charge is 0.241 e. The summed E-state index contributed by atoms with van der Waals surface area (Å²) < 4.78 is 0. The minimum absolute atomic E-state index is 0.000746. The first-order valence-corrected chi connectivity index (χ1v) is 7.34. The molecule has 0 aliphatic carbocycles. The van der Waals surface area contributed by atoms with E-state index < -0.39 is 0 Å². The molecule has 0 spiro atoms. The van der Waals surface area contributed by atoms with Gasteiger partial charge in [0.15, 0.2) is 0 Å². The van der Waals surface area contributed by atoms with Gasteiger partial charge in [-0.05, 0) is 31.2 Å². The largest absolute Gasteiger partial charge is 0.326 e. The normalized spacial score (nSPS) is 19.4. The number of carbonyl (C=O) groups excluding carboxylic acids is 1. The second-order valence-corrected chi connectivity index (χ2v) is 5.22. The Bertz CT molecular complexity index is 400. The molecule has 0 saturated carbocycles. The minimum Gasteiger partial charge on any atom is -0.326 e. The Labute approximate surface area is 116 Å². The molecule has 0 aromatic heterocycles. The standard InChI is InChI=1S/C16H24N2O/c1-3-14(4-2)18-12-17-15(16(18)19)11-10-13-8-6-5-7-9-13/h5-9,14-15,17H,3-4,10-12H2,1-2H3. The van der Waals surface area contributed by atoms with Crippen LogP contribution in [0.2, 0.25) is 0 Å². The van der Waals surface area contributed by atoms with Crippen molar-refractivity contribution in [2.24, 2.45) is 0 Å². The van der Waals surface area contributed by atoms with Crippen molar-refractivity contribution < 1.29 is 4.79 Å². The summed E-state index contributed by atoms with van der Waals surface area (Å²) in [7, 11) is 0. The fourth-order valence-electron chi connectivity index (χ4n) is 2.79. The van der Waals surface area contributed by atoms with Crippen LogP contribution in [0.1, 0.15) is 38.7 Å². The van der Waals surface area contributed by atoms with Crippen molar-refractivity contribution in [1.29, 1.82) is 0 Å². The van der Waals surface area contributed by atoms with Crippen LogP contribution in [0.3, 0.4) is 0 Å². The number of carbonyl (C=O) groups is 1. The maximum absolute atomic E-state index is 12.3. The maximum Gasteiger partial charge on any atom is 0.241 e. The van der Waals surface area contributed by atoms with E-state index in [2.05, 4.69) is 43.4 Å². The molecular formula is C16H24N2O. The van der Waals surface area contributed by atoms with E-state index in [1.54, 1.807) is 0 Å². The van der Waals surface area contributed by atoms with Crippen molar-refractivity contribution >= 4 is 5.91 Å². The molecule has 2 rings (SSSR count). The van der Waals surface area contributed by atoms with Crippen LogP contribution in [0.25, 0.3) is 0 Å². The average molecular weight is 260 g/mol. The molecule has 1 amide bonds. The van der Waals surface area contributed by atoms with E-state index >= 15 is 0 Å². The van der Waals surface area contributed by atoms with Gasteiger partial charge in [-0.15, -0.1) is 0 Å². The second-order valence-electron chi connectivity index (χ2n) is 5.22. The molecule has 3 nitrogen and oxygen atoms in total. The van der Waals surface area contributed by atoms with Crippen LogP contribution in [-0.2, 0) is 11.2 Å². The van der Waals surface area contributed by atoms with Crippen LogP contribution in [-0.4, -0.2) is 29.6 Å². The zero-order valence-electron chi connectivity index (χ0n) is 11.9. The maximum atomic E-state index is 12.3. The van der Waals surface area contributed by atoms with Crippen LogP contribution >= 0.6 is 0 Å². The van der Waals surface area contributed by atoms with Crippen LogP contribution in [0, 0.1) is 0 Å². The van der Waals surface area contributed by atoms with Gasteiger partial charge in [-0.25, -0.2) is 0 Å². The monoisotopic (exact) mass is 260 g/mol. The van der Waals surface area contributed by atoms with E-state index in [4.69, 9.17) is 0 Å². The van der Waals surface area contributed by atoms with Gasteiger partial charge in [0, 0.05) is 6.04 Å². The molecule has 1 heterocycles. The van der Waals surface area contributed by atoms with E-state index in [0.29, 0.717) is 12.7 Å². The number of aryl methyl sites for hydroxylation is 1. The predicted octanol–water partition coefficient (Wildman–Crippen LogP) is 2.57. The second kappa shape index (κ2) is 6.71. The number of nitrogens with one attached hydrogen (secondary N) is 1. The summed E-state index contributed by atoms with van der Waals surface area (Å²) in [6.07, 6.45) is 3.92. The quantitative estimate of drug-likeness (QED) is 0.852. The number of rotatable bonds is 6. The molecule has 0 bridgehead atoms. The summed E-state index contributed by atoms with van der Waals surface area (Å²) in [6, 6.07) is 10.8. The summed E-state index contributed by atoms with van der Waals surface area (Å²) in [4.78, 5) is 14.4. The van der Waals surface area contributed by atoms with Crippen molar-refractivity contribution in [3.63, 3.8) is 0 Å². The van der Waals surface area contributed by atoms with E-state index in [1.807, 2.05) is 11.0 Å². The predicted molar refractivity (Wildman–Crippen MR) is 77.8 cm³/mol. The summed E-state index contributed by atoms with van der Waals surface area (Å²) in [5.41, 5.74) is 1.30. The summed E-state index contributed by atoms with van der Waals surface area (Å²) >= 11 is 0. The van der Waals surface area contributed by atoms with E-state index in [1.165, 1.54) is 5.56 Å². The summed E-state index contributed by atoms with van der Waals surface area (Å²) in [5.74, 6) is 0.282. The Balaban J connectivity index is 1.88. The molecule has 1 N–H and O–H groups in total. The highest BCUT2D eigenvalue weighted by atomic mass is 16.2. The van der Waals surface area contributed by atoms with Crippen molar-refractivity contribution in [3.05, 3.63) is 35.9 Å². The molecule has 1 aromatic rings. The Morgan fingerprint density at radius 1 is 1.26 bits per heavy atom. The molecule has 3 heteroatoms. The highest BCUT2D eigenvalue weighted by Crippen LogP contribution is 2.17. The summed E-state index contributed by atoms with van der Waals surface area (Å²) in [5, 5.41) is 3.35. The number of hydrogen-bond donors (Lipinski definition) is 1. The lowest BCUT2D eigenvalue weighted by molar-refractivity contribution is -0.131. The zero-order valence-corrected chi connectivity index (χ0v) is 11.9. The molecule has 1 saturated heterocycles. The van der Waals surface area contributed by atoms with Crippen LogP contribution in [0.5, 0.6) is 0 Å². The minimum atomic E-state index is 0.000746. The first-order chi connectivity index (χ1) is 9.26. The molecule has 1 aliphatic heterocycles. The zero-order chi connectivity index (χ0) is 13.7. The fraction of sp³-hybridized carbons (Fsp3) is 0.562. The van der Waals surface area contributed by atoms with Gasteiger partial charge < -0.3 is 4.90 Å². The van der Waals surface area contributed by atoms with Crippen LogP contribution < -0.4 is 5.32 Å². The number of nitrogens with zero attached hydrogens (tertiary/aromatic N) is 1. The molecule has 19 heavy (non-hydrogen) atoms. The lowest BCUT2D eigenvalue weighted by atomic mass is 10.0. The molecule has 1 aromatic carbocycles. The molecular weight excluding hydrogens is 236 g/mol. The van der Waals surface area contributed by atoms with Crippen molar-refractivity contribution in [1.82, 2.24) is 10.2 Å². The molecule has 1 aliphatic rings. The van der Waals surface area contributed by atoms with Crippen molar-refractivity contribution in [2.45, 2.75) is 51.6 Å². The molecule has 1 fully saturated rings. The number of hydrogen-bond acceptors (Lipinski definition) is 2. The third kappa shape index (κ3) is 3.35. The third-order valence-corrected chi connectivity index (χ3v) is 4.04. The van der Waals surface area contributed by atoms with Crippen molar-refractivity contribution in [3.8, 4) is 0 Å². The Morgan fingerprint density at radius 2 is 1.95 bits per heavy atom. The Hall–Kier alpha value is -1.35. The summed E-state index contributed by atoms with van der Waals surface area (Å²) in [6.45, 7) is 5.02. The van der Waals surface area contributed by atoms with Crippen molar-refractivity contribution in [2.75, 3.05) is 6.67 Å². The first-order valence-electron chi connectivity index (χ1n) is 7.34. The highest BCUT2D eigenvalue weighted by Gasteiger charge is 2.33. The molecule has 104 valence electrons. The molecule has 1 unspecified atom stereocenters. The lowest BCUT2D eigenvalue weighted by Gasteiger charge is -2.25. The highest BCUT2D eigenvalue weighted by molar-refractivity contribution is 5.84. The van der Waals surface area contributed by atoms with Gasteiger partial charge in [0.05, 0.1) is 12.7 Å². The molecule has 1 atom stereocenters. The Kier molecular flexibility index (Phi) is 4.97. The third-order valence-electron chi connectivity index (χ3n) is 4.04. The molecule has 0 radical (unpaired) electrons. The van der Waals surface area contributed by atoms with Gasteiger partial charge in [0.2, 0.25) is 5.91 Å². The fourth-order valence-corrected chi connectivity index (χ4v) is 2.79. The van der Waals surface area contributed by atoms with Gasteiger partial charge in [0.1, 0.15) is 0 Å². The number of amides is 1. The number of benzene rings is 1. The average Bonchev–Trinajstić information content (AvgIpc) is 2.81. The van der Waals surface area contributed by atoms with Crippen LogP contribution in [0.4, 0.5) is 0 Å². The van der Waals surface area contributed by atoms with Gasteiger partial charge in [0.25, 0.3) is 0 Å². The van der Waals surface area contributed by atoms with E-state index in [9.17, 15) is 4.79 Å². The topological polar surface area (TPSA) is 32.3 Å². The van der Waals surface area contributed by atoms with Gasteiger partial charge in [-0.3, -0.25) is 10.1 Å². The lowest BCUT2D eigenvalue weighted by Crippen LogP contribution is -2.38. The van der Waals surface area contributed by atoms with Gasteiger partial charge in [-0.2, -0.15) is 0 Å². The SMILES string of the molecule is CCC(CC)N1CNC(CCc2ccccc2)C1=O. The van der Waals surface area contributed by atoms with Gasteiger partial charge >= 0.3 is 0 Å². The van der Waals surface area contributed by atoms with E-state index in [-0.39, 0.29) is 11.9 Å². The van der Waals surface area contributed by atoms with Gasteiger partial charge in [-0.1, -0.05) is 44.2 Å². The van der Waals surface area contributed by atoms with Crippen LogP contribution in [0.15, 0.2) is 30.3 Å².